The van der Waals surface area contributed by atoms with Crippen molar-refractivity contribution in [3.05, 3.63) is 69.6 Å². The number of morpholine rings is 1. The van der Waals surface area contributed by atoms with Crippen LogP contribution in [-0.4, -0.2) is 35.0 Å². The van der Waals surface area contributed by atoms with Crippen LogP contribution in [0.3, 0.4) is 0 Å². The van der Waals surface area contributed by atoms with Crippen molar-refractivity contribution < 1.29 is 9.53 Å². The number of aryl methyl sites for hydroxylation is 1. The molecule has 0 aliphatic carbocycles. The normalized spacial score (nSPS) is 21.2. The Morgan fingerprint density at radius 2 is 2.00 bits per heavy atom. The third-order valence-corrected chi connectivity index (χ3v) is 4.01. The van der Waals surface area contributed by atoms with Crippen LogP contribution in [0.15, 0.2) is 47.4 Å². The molecule has 1 amide bonds. The second-order valence-electron chi connectivity index (χ2n) is 5.95. The number of carbonyl (C=O) groups excluding carboxylic acids is 1. The first kappa shape index (κ1) is 15.5. The number of nitrogens with zero attached hydrogens (tertiary/aromatic N) is 1. The van der Waals surface area contributed by atoms with Gasteiger partial charge in [-0.15, -0.1) is 0 Å². The highest BCUT2D eigenvalue weighted by atomic mass is 16.5. The third-order valence-electron chi connectivity index (χ3n) is 4.01. The molecule has 0 saturated carbocycles. The zero-order valence-corrected chi connectivity index (χ0v) is 13.3. The second kappa shape index (κ2) is 6.38. The van der Waals surface area contributed by atoms with Gasteiger partial charge < -0.3 is 14.6 Å². The van der Waals surface area contributed by atoms with E-state index in [1.165, 1.54) is 12.3 Å². The Labute approximate surface area is 134 Å². The average Bonchev–Trinajstić information content (AvgIpc) is 2.54. The topological polar surface area (TPSA) is 62.4 Å². The number of aromatic amines is 1. The Balaban J connectivity index is 1.84. The highest BCUT2D eigenvalue weighted by Crippen LogP contribution is 2.25. The minimum absolute atomic E-state index is 0.0811. The van der Waals surface area contributed by atoms with Crippen molar-refractivity contribution in [1.82, 2.24) is 9.88 Å². The highest BCUT2D eigenvalue weighted by Gasteiger charge is 2.30. The lowest BCUT2D eigenvalue weighted by atomic mass is 10.1. The number of H-pyrrole nitrogens is 1. The summed E-state index contributed by atoms with van der Waals surface area (Å²) < 4.78 is 5.96. The first-order valence-electron chi connectivity index (χ1n) is 7.73. The quantitative estimate of drug-likeness (QED) is 0.925. The van der Waals surface area contributed by atoms with Crippen LogP contribution in [0.4, 0.5) is 0 Å². The second-order valence-corrected chi connectivity index (χ2v) is 5.95. The van der Waals surface area contributed by atoms with Gasteiger partial charge in [-0.25, -0.2) is 0 Å². The number of carbonyl (C=O) groups is 1. The summed E-state index contributed by atoms with van der Waals surface area (Å²) in [5.74, 6) is -0.248. The number of hydrogen-bond donors (Lipinski definition) is 1. The molecule has 23 heavy (non-hydrogen) atoms. The van der Waals surface area contributed by atoms with E-state index in [-0.39, 0.29) is 29.1 Å². The molecule has 2 heterocycles. The molecule has 2 atom stereocenters. The van der Waals surface area contributed by atoms with Crippen LogP contribution in [0.5, 0.6) is 0 Å². The molecule has 1 aromatic carbocycles. The van der Waals surface area contributed by atoms with Gasteiger partial charge in [0, 0.05) is 24.5 Å². The highest BCUT2D eigenvalue weighted by molar-refractivity contribution is 5.94. The number of nitrogens with one attached hydrogen (secondary N) is 1. The summed E-state index contributed by atoms with van der Waals surface area (Å²) in [5, 5.41) is 0. The molecule has 1 fully saturated rings. The molecule has 1 aliphatic heterocycles. The first-order chi connectivity index (χ1) is 11.0. The van der Waals surface area contributed by atoms with Gasteiger partial charge in [-0.1, -0.05) is 30.3 Å². The standard InChI is InChI=1S/C18H20N2O3/c1-12-8-16(21)15(9-19-12)18(22)20-10-13(2)23-17(11-20)14-6-4-3-5-7-14/h3-9,13,17H,10-11H2,1-2H3,(H,19,21). The van der Waals surface area contributed by atoms with Crippen molar-refractivity contribution >= 4 is 5.91 Å². The average molecular weight is 312 g/mol. The monoisotopic (exact) mass is 312 g/mol. The van der Waals surface area contributed by atoms with Crippen LogP contribution in [-0.2, 0) is 4.74 Å². The molecule has 0 radical (unpaired) electrons. The number of benzene rings is 1. The summed E-state index contributed by atoms with van der Waals surface area (Å²) in [7, 11) is 0. The fourth-order valence-electron chi connectivity index (χ4n) is 2.88. The fourth-order valence-corrected chi connectivity index (χ4v) is 2.88. The zero-order chi connectivity index (χ0) is 16.4. The van der Waals surface area contributed by atoms with E-state index in [1.807, 2.05) is 37.3 Å². The number of aromatic nitrogens is 1. The van der Waals surface area contributed by atoms with E-state index in [1.54, 1.807) is 11.8 Å². The van der Waals surface area contributed by atoms with E-state index in [0.29, 0.717) is 13.1 Å². The lowest BCUT2D eigenvalue weighted by Crippen LogP contribution is -2.47. The van der Waals surface area contributed by atoms with E-state index < -0.39 is 0 Å². The zero-order valence-electron chi connectivity index (χ0n) is 13.3. The van der Waals surface area contributed by atoms with E-state index in [2.05, 4.69) is 4.98 Å². The largest absolute Gasteiger partial charge is 0.367 e. The fraction of sp³-hybridized carbons (Fsp3) is 0.333. The number of amides is 1. The van der Waals surface area contributed by atoms with Crippen LogP contribution < -0.4 is 5.43 Å². The molecule has 5 heteroatoms. The van der Waals surface area contributed by atoms with E-state index in [4.69, 9.17) is 4.74 Å². The molecule has 1 aliphatic rings. The molecule has 5 nitrogen and oxygen atoms in total. The number of ether oxygens (including phenoxy) is 1. The Kier molecular flexibility index (Phi) is 4.30. The van der Waals surface area contributed by atoms with Gasteiger partial charge in [0.05, 0.1) is 12.6 Å². The maximum atomic E-state index is 12.7. The molecule has 3 rings (SSSR count). The van der Waals surface area contributed by atoms with Gasteiger partial charge in [-0.2, -0.15) is 0 Å². The third kappa shape index (κ3) is 3.35. The summed E-state index contributed by atoms with van der Waals surface area (Å²) in [6.07, 6.45) is 1.24. The molecule has 0 bridgehead atoms. The lowest BCUT2D eigenvalue weighted by molar-refractivity contribution is -0.0692. The number of rotatable bonds is 2. The predicted octanol–water partition coefficient (Wildman–Crippen LogP) is 2.29. The van der Waals surface area contributed by atoms with Crippen molar-refractivity contribution in [2.75, 3.05) is 13.1 Å². The van der Waals surface area contributed by atoms with Crippen LogP contribution in [0.2, 0.25) is 0 Å². The number of pyridine rings is 1. The van der Waals surface area contributed by atoms with Crippen molar-refractivity contribution in [1.29, 1.82) is 0 Å². The Morgan fingerprint density at radius 1 is 1.26 bits per heavy atom. The summed E-state index contributed by atoms with van der Waals surface area (Å²) in [5.41, 5.74) is 1.71. The minimum atomic E-state index is -0.248. The van der Waals surface area contributed by atoms with Gasteiger partial charge in [0.1, 0.15) is 11.7 Å². The van der Waals surface area contributed by atoms with Crippen LogP contribution in [0, 0.1) is 6.92 Å². The molecule has 2 aromatic rings. The van der Waals surface area contributed by atoms with Gasteiger partial charge in [0.2, 0.25) is 0 Å². The SMILES string of the molecule is Cc1cc(=O)c(C(=O)N2CC(C)OC(c3ccccc3)C2)c[nH]1. The summed E-state index contributed by atoms with van der Waals surface area (Å²) in [4.78, 5) is 29.4. The van der Waals surface area contributed by atoms with E-state index in [0.717, 1.165) is 11.3 Å². The van der Waals surface area contributed by atoms with Crippen molar-refractivity contribution in [2.24, 2.45) is 0 Å². The van der Waals surface area contributed by atoms with Gasteiger partial charge in [0.15, 0.2) is 5.43 Å². The molecular formula is C18H20N2O3. The smallest absolute Gasteiger partial charge is 0.259 e. The Hall–Kier alpha value is -2.40. The van der Waals surface area contributed by atoms with E-state index in [9.17, 15) is 9.59 Å². The minimum Gasteiger partial charge on any atom is -0.367 e. The molecule has 0 spiro atoms. The summed E-state index contributed by atoms with van der Waals surface area (Å²) >= 11 is 0. The Morgan fingerprint density at radius 3 is 2.70 bits per heavy atom. The maximum absolute atomic E-state index is 12.7. The van der Waals surface area contributed by atoms with Crippen LogP contribution in [0.25, 0.3) is 0 Å². The maximum Gasteiger partial charge on any atom is 0.259 e. The van der Waals surface area contributed by atoms with Gasteiger partial charge >= 0.3 is 0 Å². The van der Waals surface area contributed by atoms with Gasteiger partial charge in [-0.3, -0.25) is 9.59 Å². The van der Waals surface area contributed by atoms with Crippen LogP contribution in [0.1, 0.15) is 34.6 Å². The van der Waals surface area contributed by atoms with Crippen molar-refractivity contribution in [3.63, 3.8) is 0 Å². The summed E-state index contributed by atoms with van der Waals surface area (Å²) in [6, 6.07) is 11.3. The van der Waals surface area contributed by atoms with Crippen molar-refractivity contribution in [2.45, 2.75) is 26.1 Å². The molecule has 1 saturated heterocycles. The van der Waals surface area contributed by atoms with Gasteiger partial charge in [0.25, 0.3) is 5.91 Å². The molecule has 1 aromatic heterocycles. The van der Waals surface area contributed by atoms with Crippen molar-refractivity contribution in [3.8, 4) is 0 Å². The van der Waals surface area contributed by atoms with Crippen LogP contribution >= 0.6 is 0 Å². The van der Waals surface area contributed by atoms with E-state index >= 15 is 0 Å². The molecule has 120 valence electrons. The Bertz CT molecular complexity index is 754. The van der Waals surface area contributed by atoms with Gasteiger partial charge in [-0.05, 0) is 19.4 Å². The first-order valence-corrected chi connectivity index (χ1v) is 7.73. The molecular weight excluding hydrogens is 292 g/mol. The summed E-state index contributed by atoms with van der Waals surface area (Å²) in [6.45, 7) is 4.66. The lowest BCUT2D eigenvalue weighted by Gasteiger charge is -2.37. The molecule has 2 unspecified atom stereocenters. The molecule has 1 N–H and O–H groups in total. The number of hydrogen-bond acceptors (Lipinski definition) is 3. The predicted molar refractivity (Wildman–Crippen MR) is 87.4 cm³/mol.